The van der Waals surface area contributed by atoms with Crippen LogP contribution in [-0.4, -0.2) is 11.3 Å². The summed E-state index contributed by atoms with van der Waals surface area (Å²) in [4.78, 5) is 0.681. The summed E-state index contributed by atoms with van der Waals surface area (Å²) in [6, 6.07) is 14.8. The summed E-state index contributed by atoms with van der Waals surface area (Å²) >= 11 is 0. The molecular formula is C14H15NO2S. The van der Waals surface area contributed by atoms with Crippen LogP contribution in [-0.2, 0) is 16.6 Å². The molecular weight excluding hydrogens is 246 g/mol. The minimum Gasteiger partial charge on any atom is -0.497 e. The van der Waals surface area contributed by atoms with Crippen LogP contribution in [0.1, 0.15) is 5.56 Å². The average Bonchev–Trinajstić information content (AvgIpc) is 2.39. The monoisotopic (exact) mass is 261 g/mol. The van der Waals surface area contributed by atoms with Crippen LogP contribution in [0, 0.1) is 0 Å². The van der Waals surface area contributed by atoms with Gasteiger partial charge in [-0.05, 0) is 29.8 Å². The van der Waals surface area contributed by atoms with Gasteiger partial charge in [-0.2, -0.15) is 0 Å². The zero-order chi connectivity index (χ0) is 13.0. The summed E-state index contributed by atoms with van der Waals surface area (Å²) in [7, 11) is 0.480. The molecule has 0 fully saturated rings. The second-order valence-corrected chi connectivity index (χ2v) is 5.30. The lowest BCUT2D eigenvalue weighted by Crippen LogP contribution is -2.00. The van der Waals surface area contributed by atoms with E-state index in [4.69, 9.17) is 10.5 Å². The molecule has 3 nitrogen and oxygen atoms in total. The van der Waals surface area contributed by atoms with Crippen LogP contribution >= 0.6 is 0 Å². The topological polar surface area (TPSA) is 52.3 Å². The molecule has 4 heteroatoms. The molecule has 1 unspecified atom stereocenters. The van der Waals surface area contributed by atoms with Crippen molar-refractivity contribution in [2.24, 2.45) is 0 Å². The maximum atomic E-state index is 12.2. The summed E-state index contributed by atoms with van der Waals surface area (Å²) in [6.07, 6.45) is 0. The van der Waals surface area contributed by atoms with E-state index >= 15 is 0 Å². The Labute approximate surface area is 109 Å². The van der Waals surface area contributed by atoms with Gasteiger partial charge >= 0.3 is 0 Å². The Morgan fingerprint density at radius 3 is 2.67 bits per heavy atom. The Bertz CT molecular complexity index is 569. The molecule has 94 valence electrons. The number of ether oxygens (including phenoxy) is 1. The highest BCUT2D eigenvalue weighted by Crippen LogP contribution is 2.20. The smallest absolute Gasteiger partial charge is 0.119 e. The van der Waals surface area contributed by atoms with Crippen molar-refractivity contribution >= 4 is 16.5 Å². The van der Waals surface area contributed by atoms with Crippen molar-refractivity contribution in [3.8, 4) is 5.75 Å². The van der Waals surface area contributed by atoms with Gasteiger partial charge in [-0.1, -0.05) is 24.3 Å². The van der Waals surface area contributed by atoms with Crippen LogP contribution in [0.15, 0.2) is 53.4 Å². The lowest BCUT2D eigenvalue weighted by molar-refractivity contribution is 0.414. The van der Waals surface area contributed by atoms with E-state index in [0.717, 1.165) is 11.3 Å². The number of nitrogen functional groups attached to an aromatic ring is 1. The Kier molecular flexibility index (Phi) is 3.99. The number of anilines is 1. The van der Waals surface area contributed by atoms with Gasteiger partial charge in [0.25, 0.3) is 0 Å². The molecule has 2 aromatic rings. The fourth-order valence-corrected chi connectivity index (χ4v) is 2.88. The molecule has 0 aliphatic rings. The van der Waals surface area contributed by atoms with E-state index in [0.29, 0.717) is 16.3 Å². The molecule has 18 heavy (non-hydrogen) atoms. The molecule has 2 N–H and O–H groups in total. The van der Waals surface area contributed by atoms with Crippen LogP contribution in [0.5, 0.6) is 5.75 Å². The van der Waals surface area contributed by atoms with Crippen molar-refractivity contribution in [2.75, 3.05) is 12.8 Å². The van der Waals surface area contributed by atoms with Crippen LogP contribution in [0.2, 0.25) is 0 Å². The molecule has 0 aliphatic carbocycles. The molecule has 2 aromatic carbocycles. The molecule has 0 spiro atoms. The molecule has 0 saturated heterocycles. The zero-order valence-corrected chi connectivity index (χ0v) is 10.9. The SMILES string of the molecule is COc1cccc(CS(=O)c2ccccc2N)c1. The maximum absolute atomic E-state index is 12.2. The number of para-hydroxylation sites is 1. The highest BCUT2D eigenvalue weighted by Gasteiger charge is 2.08. The first kappa shape index (κ1) is 12.6. The normalized spacial score (nSPS) is 12.1. The second-order valence-electron chi connectivity index (χ2n) is 3.88. The van der Waals surface area contributed by atoms with E-state index in [1.54, 1.807) is 19.2 Å². The molecule has 0 saturated carbocycles. The molecule has 0 bridgehead atoms. The maximum Gasteiger partial charge on any atom is 0.119 e. The lowest BCUT2D eigenvalue weighted by Gasteiger charge is -2.07. The van der Waals surface area contributed by atoms with Gasteiger partial charge < -0.3 is 10.5 Å². The third kappa shape index (κ3) is 2.90. The van der Waals surface area contributed by atoms with Crippen molar-refractivity contribution in [1.29, 1.82) is 0 Å². The highest BCUT2D eigenvalue weighted by molar-refractivity contribution is 7.84. The third-order valence-corrected chi connectivity index (χ3v) is 4.05. The van der Waals surface area contributed by atoms with Gasteiger partial charge in [0, 0.05) is 5.69 Å². The van der Waals surface area contributed by atoms with Gasteiger partial charge in [0.2, 0.25) is 0 Å². The van der Waals surface area contributed by atoms with E-state index < -0.39 is 10.8 Å². The van der Waals surface area contributed by atoms with Crippen molar-refractivity contribution in [3.63, 3.8) is 0 Å². The summed E-state index contributed by atoms with van der Waals surface area (Å²) in [5, 5.41) is 0. The van der Waals surface area contributed by atoms with Crippen molar-refractivity contribution in [3.05, 3.63) is 54.1 Å². The first-order valence-corrected chi connectivity index (χ1v) is 6.88. The molecule has 0 radical (unpaired) electrons. The largest absolute Gasteiger partial charge is 0.497 e. The van der Waals surface area contributed by atoms with E-state index in [1.807, 2.05) is 36.4 Å². The summed E-state index contributed by atoms with van der Waals surface area (Å²) in [5.74, 6) is 1.20. The summed E-state index contributed by atoms with van der Waals surface area (Å²) in [5.41, 5.74) is 7.35. The van der Waals surface area contributed by atoms with Gasteiger partial charge in [0.1, 0.15) is 5.75 Å². The minimum absolute atomic E-state index is 0.436. The van der Waals surface area contributed by atoms with E-state index in [1.165, 1.54) is 0 Å². The van der Waals surface area contributed by atoms with Crippen molar-refractivity contribution < 1.29 is 8.95 Å². The van der Waals surface area contributed by atoms with Gasteiger partial charge in [-0.3, -0.25) is 4.21 Å². The first-order valence-electron chi connectivity index (χ1n) is 5.56. The molecule has 2 rings (SSSR count). The number of methoxy groups -OCH3 is 1. The van der Waals surface area contributed by atoms with Gasteiger partial charge in [0.15, 0.2) is 0 Å². The second kappa shape index (κ2) is 5.69. The Hall–Kier alpha value is -1.81. The van der Waals surface area contributed by atoms with Crippen LogP contribution < -0.4 is 10.5 Å². The van der Waals surface area contributed by atoms with Gasteiger partial charge in [-0.15, -0.1) is 0 Å². The summed E-state index contributed by atoms with van der Waals surface area (Å²) in [6.45, 7) is 0. The first-order chi connectivity index (χ1) is 8.70. The van der Waals surface area contributed by atoms with Crippen LogP contribution in [0.4, 0.5) is 5.69 Å². The van der Waals surface area contributed by atoms with E-state index in [-0.39, 0.29) is 0 Å². The number of rotatable bonds is 4. The zero-order valence-electron chi connectivity index (χ0n) is 10.1. The highest BCUT2D eigenvalue weighted by atomic mass is 32.2. The van der Waals surface area contributed by atoms with E-state index in [9.17, 15) is 4.21 Å². The molecule has 1 atom stereocenters. The fraction of sp³-hybridized carbons (Fsp3) is 0.143. The molecule has 0 heterocycles. The third-order valence-electron chi connectivity index (χ3n) is 2.60. The number of nitrogens with two attached hydrogens (primary N) is 1. The molecule has 0 aromatic heterocycles. The predicted octanol–water partition coefficient (Wildman–Crippen LogP) is 2.59. The Morgan fingerprint density at radius 1 is 1.17 bits per heavy atom. The van der Waals surface area contributed by atoms with Gasteiger partial charge in [-0.25, -0.2) is 0 Å². The van der Waals surface area contributed by atoms with Crippen molar-refractivity contribution in [2.45, 2.75) is 10.6 Å². The van der Waals surface area contributed by atoms with Crippen LogP contribution in [0.3, 0.4) is 0 Å². The fourth-order valence-electron chi connectivity index (χ4n) is 1.68. The van der Waals surface area contributed by atoms with Crippen molar-refractivity contribution in [1.82, 2.24) is 0 Å². The molecule has 0 aliphatic heterocycles. The number of benzene rings is 2. The standard InChI is InChI=1S/C14H15NO2S/c1-17-12-6-4-5-11(9-12)10-18(16)14-8-3-2-7-13(14)15/h2-9H,10,15H2,1H3. The molecule has 0 amide bonds. The quantitative estimate of drug-likeness (QED) is 0.861. The Balaban J connectivity index is 2.19. The number of hydrogen-bond donors (Lipinski definition) is 1. The van der Waals surface area contributed by atoms with Crippen LogP contribution in [0.25, 0.3) is 0 Å². The summed E-state index contributed by atoms with van der Waals surface area (Å²) < 4.78 is 17.4. The van der Waals surface area contributed by atoms with Gasteiger partial charge in [0.05, 0.1) is 28.6 Å². The predicted molar refractivity (Wildman–Crippen MR) is 74.0 cm³/mol. The Morgan fingerprint density at radius 2 is 1.94 bits per heavy atom. The average molecular weight is 261 g/mol. The lowest BCUT2D eigenvalue weighted by atomic mass is 10.2. The minimum atomic E-state index is -1.14. The van der Waals surface area contributed by atoms with E-state index in [2.05, 4.69) is 0 Å². The number of hydrogen-bond acceptors (Lipinski definition) is 3.